The second kappa shape index (κ2) is 6.96. The molecule has 0 spiro atoms. The molecule has 0 fully saturated rings. The fourth-order valence-corrected chi connectivity index (χ4v) is 1.94. The van der Waals surface area contributed by atoms with Gasteiger partial charge in [-0.2, -0.15) is 0 Å². The molecule has 21 heavy (non-hydrogen) atoms. The highest BCUT2D eigenvalue weighted by molar-refractivity contribution is 5.88. The van der Waals surface area contributed by atoms with Gasteiger partial charge in [-0.3, -0.25) is 0 Å². The van der Waals surface area contributed by atoms with Gasteiger partial charge in [0, 0.05) is 6.54 Å². The number of benzene rings is 1. The van der Waals surface area contributed by atoms with Crippen LogP contribution in [0, 0.1) is 0 Å². The molecule has 0 amide bonds. The number of esters is 1. The summed E-state index contributed by atoms with van der Waals surface area (Å²) >= 11 is 0. The standard InChI is InChI=1S/C14H18N4O3/c1-2-21-14(20)13-12(7-15)18(17-16-13)8-10-3-5-11(9-19)6-4-10/h3-6,19H,2,7-9,15H2,1H3. The van der Waals surface area contributed by atoms with Crippen molar-refractivity contribution in [3.05, 3.63) is 46.8 Å². The van der Waals surface area contributed by atoms with Gasteiger partial charge >= 0.3 is 5.97 Å². The van der Waals surface area contributed by atoms with E-state index in [4.69, 9.17) is 15.6 Å². The van der Waals surface area contributed by atoms with E-state index in [0.29, 0.717) is 12.2 Å². The molecular weight excluding hydrogens is 272 g/mol. The molecule has 0 aliphatic heterocycles. The van der Waals surface area contributed by atoms with Crippen LogP contribution in [0.1, 0.15) is 34.2 Å². The van der Waals surface area contributed by atoms with Crippen LogP contribution in [0.3, 0.4) is 0 Å². The van der Waals surface area contributed by atoms with Crippen LogP contribution in [0.5, 0.6) is 0 Å². The lowest BCUT2D eigenvalue weighted by molar-refractivity contribution is 0.0518. The van der Waals surface area contributed by atoms with E-state index in [1.54, 1.807) is 11.6 Å². The van der Waals surface area contributed by atoms with Crippen LogP contribution in [0.15, 0.2) is 24.3 Å². The van der Waals surface area contributed by atoms with Gasteiger partial charge in [-0.15, -0.1) is 5.10 Å². The van der Waals surface area contributed by atoms with E-state index < -0.39 is 5.97 Å². The van der Waals surface area contributed by atoms with E-state index in [2.05, 4.69) is 10.3 Å². The van der Waals surface area contributed by atoms with Crippen molar-refractivity contribution in [1.82, 2.24) is 15.0 Å². The smallest absolute Gasteiger partial charge is 0.360 e. The van der Waals surface area contributed by atoms with E-state index >= 15 is 0 Å². The van der Waals surface area contributed by atoms with Gasteiger partial charge in [-0.1, -0.05) is 29.5 Å². The van der Waals surface area contributed by atoms with Gasteiger partial charge in [-0.25, -0.2) is 9.48 Å². The largest absolute Gasteiger partial charge is 0.461 e. The highest BCUT2D eigenvalue weighted by Gasteiger charge is 2.19. The first kappa shape index (κ1) is 15.1. The Labute approximate surface area is 122 Å². The lowest BCUT2D eigenvalue weighted by Gasteiger charge is -2.06. The molecule has 1 aromatic heterocycles. The molecule has 2 aromatic rings. The summed E-state index contributed by atoms with van der Waals surface area (Å²) in [4.78, 5) is 11.8. The number of aromatic nitrogens is 3. The topological polar surface area (TPSA) is 103 Å². The number of carbonyl (C=O) groups excluding carboxylic acids is 1. The second-order valence-electron chi connectivity index (χ2n) is 4.44. The average Bonchev–Trinajstić information content (AvgIpc) is 2.91. The van der Waals surface area contributed by atoms with Crippen LogP contribution < -0.4 is 5.73 Å². The Balaban J connectivity index is 2.21. The molecule has 3 N–H and O–H groups in total. The monoisotopic (exact) mass is 290 g/mol. The quantitative estimate of drug-likeness (QED) is 0.749. The van der Waals surface area contributed by atoms with Gasteiger partial charge in [0.15, 0.2) is 5.69 Å². The SMILES string of the molecule is CCOC(=O)c1nnn(Cc2ccc(CO)cc2)c1CN. The van der Waals surface area contributed by atoms with E-state index in [9.17, 15) is 4.79 Å². The summed E-state index contributed by atoms with van der Waals surface area (Å²) in [5.74, 6) is -0.514. The summed E-state index contributed by atoms with van der Waals surface area (Å²) in [5.41, 5.74) is 8.20. The molecule has 0 bridgehead atoms. The third-order valence-corrected chi connectivity index (χ3v) is 3.04. The van der Waals surface area contributed by atoms with E-state index in [-0.39, 0.29) is 25.5 Å². The molecule has 2 rings (SSSR count). The van der Waals surface area contributed by atoms with Crippen molar-refractivity contribution in [3.8, 4) is 0 Å². The minimum atomic E-state index is -0.514. The maximum absolute atomic E-state index is 11.8. The van der Waals surface area contributed by atoms with Gasteiger partial charge in [0.05, 0.1) is 25.5 Å². The first-order valence-corrected chi connectivity index (χ1v) is 6.67. The Morgan fingerprint density at radius 3 is 2.57 bits per heavy atom. The predicted octanol–water partition coefficient (Wildman–Crippen LogP) is 0.454. The molecule has 0 aliphatic carbocycles. The number of aliphatic hydroxyl groups excluding tert-OH is 1. The van der Waals surface area contributed by atoms with Crippen molar-refractivity contribution in [2.24, 2.45) is 5.73 Å². The van der Waals surface area contributed by atoms with Crippen molar-refractivity contribution in [2.45, 2.75) is 26.6 Å². The lowest BCUT2D eigenvalue weighted by Crippen LogP contribution is -2.14. The van der Waals surface area contributed by atoms with Crippen LogP contribution in [0.2, 0.25) is 0 Å². The normalized spacial score (nSPS) is 10.6. The Bertz CT molecular complexity index is 607. The molecule has 7 heteroatoms. The van der Waals surface area contributed by atoms with Crippen LogP contribution in [-0.2, 0) is 24.4 Å². The van der Waals surface area contributed by atoms with Gasteiger partial charge in [0.2, 0.25) is 0 Å². The molecule has 112 valence electrons. The Kier molecular flexibility index (Phi) is 5.02. The van der Waals surface area contributed by atoms with Gasteiger partial charge in [0.25, 0.3) is 0 Å². The van der Waals surface area contributed by atoms with Crippen LogP contribution in [0.4, 0.5) is 0 Å². The number of ether oxygens (including phenoxy) is 1. The van der Waals surface area contributed by atoms with Crippen LogP contribution in [0.25, 0.3) is 0 Å². The molecule has 0 atom stereocenters. The van der Waals surface area contributed by atoms with Gasteiger partial charge in [0.1, 0.15) is 0 Å². The summed E-state index contributed by atoms with van der Waals surface area (Å²) in [6.45, 7) is 2.61. The summed E-state index contributed by atoms with van der Waals surface area (Å²) in [5, 5.41) is 16.8. The molecule has 1 heterocycles. The predicted molar refractivity (Wildman–Crippen MR) is 75.3 cm³/mol. The van der Waals surface area contributed by atoms with Crippen molar-refractivity contribution < 1.29 is 14.6 Å². The zero-order valence-electron chi connectivity index (χ0n) is 11.8. The minimum Gasteiger partial charge on any atom is -0.461 e. The van der Waals surface area contributed by atoms with Crippen molar-refractivity contribution in [1.29, 1.82) is 0 Å². The third-order valence-electron chi connectivity index (χ3n) is 3.04. The zero-order chi connectivity index (χ0) is 15.2. The van der Waals surface area contributed by atoms with Gasteiger partial charge in [-0.05, 0) is 18.1 Å². The molecule has 0 aliphatic rings. The number of hydrogen-bond donors (Lipinski definition) is 2. The molecule has 0 saturated carbocycles. The molecule has 0 unspecified atom stereocenters. The highest BCUT2D eigenvalue weighted by Crippen LogP contribution is 2.11. The van der Waals surface area contributed by atoms with Crippen molar-refractivity contribution in [2.75, 3.05) is 6.61 Å². The molecular formula is C14H18N4O3. The molecule has 1 aromatic carbocycles. The summed E-state index contributed by atoms with van der Waals surface area (Å²) in [6.07, 6.45) is 0. The highest BCUT2D eigenvalue weighted by atomic mass is 16.5. The Morgan fingerprint density at radius 2 is 2.00 bits per heavy atom. The van der Waals surface area contributed by atoms with E-state index in [1.165, 1.54) is 0 Å². The summed E-state index contributed by atoms with van der Waals surface area (Å²) in [6, 6.07) is 7.44. The number of nitrogens with zero attached hydrogens (tertiary/aromatic N) is 3. The molecule has 7 nitrogen and oxygen atoms in total. The van der Waals surface area contributed by atoms with Crippen LogP contribution in [-0.4, -0.2) is 32.7 Å². The van der Waals surface area contributed by atoms with Gasteiger partial charge < -0.3 is 15.6 Å². The molecule has 0 saturated heterocycles. The van der Waals surface area contributed by atoms with Crippen molar-refractivity contribution >= 4 is 5.97 Å². The Morgan fingerprint density at radius 1 is 1.33 bits per heavy atom. The fourth-order valence-electron chi connectivity index (χ4n) is 1.94. The summed E-state index contributed by atoms with van der Waals surface area (Å²) in [7, 11) is 0. The van der Waals surface area contributed by atoms with E-state index in [0.717, 1.165) is 11.1 Å². The van der Waals surface area contributed by atoms with E-state index in [1.807, 2.05) is 24.3 Å². The third kappa shape index (κ3) is 3.45. The lowest BCUT2D eigenvalue weighted by atomic mass is 10.1. The van der Waals surface area contributed by atoms with Crippen molar-refractivity contribution in [3.63, 3.8) is 0 Å². The average molecular weight is 290 g/mol. The number of aliphatic hydroxyl groups is 1. The second-order valence-corrected chi connectivity index (χ2v) is 4.44. The number of carbonyl (C=O) groups is 1. The number of rotatable bonds is 6. The minimum absolute atomic E-state index is 0.00462. The Hall–Kier alpha value is -2.25. The number of nitrogens with two attached hydrogens (primary N) is 1. The maximum atomic E-state index is 11.8. The fraction of sp³-hybridized carbons (Fsp3) is 0.357. The first-order valence-electron chi connectivity index (χ1n) is 6.67. The summed E-state index contributed by atoms with van der Waals surface area (Å²) < 4.78 is 6.51. The maximum Gasteiger partial charge on any atom is 0.360 e. The first-order chi connectivity index (χ1) is 10.2. The zero-order valence-corrected chi connectivity index (χ0v) is 11.8. The van der Waals surface area contributed by atoms with Crippen LogP contribution >= 0.6 is 0 Å². The molecule has 0 radical (unpaired) electrons. The number of hydrogen-bond acceptors (Lipinski definition) is 6.